The zero-order valence-corrected chi connectivity index (χ0v) is 15.6. The van der Waals surface area contributed by atoms with Crippen LogP contribution >= 0.6 is 11.6 Å². The lowest BCUT2D eigenvalue weighted by atomic mass is 10.1. The molecule has 0 aliphatic heterocycles. The molecule has 0 spiro atoms. The molecule has 0 fully saturated rings. The number of hydrogen-bond donors (Lipinski definition) is 1. The highest BCUT2D eigenvalue weighted by molar-refractivity contribution is 6.30. The SMILES string of the molecule is CC(C)CCOc1ccc(/C=C(/C#N)C(=O)Nc2ccc(Cl)cc2)cc1. The van der Waals surface area contributed by atoms with Crippen molar-refractivity contribution >= 4 is 29.3 Å². The summed E-state index contributed by atoms with van der Waals surface area (Å²) < 4.78 is 5.66. The van der Waals surface area contributed by atoms with Gasteiger partial charge in [0.15, 0.2) is 0 Å². The molecule has 2 aromatic rings. The molecule has 134 valence electrons. The maximum absolute atomic E-state index is 12.2. The maximum atomic E-state index is 12.2. The zero-order chi connectivity index (χ0) is 18.9. The molecular weight excluding hydrogens is 348 g/mol. The fourth-order valence-corrected chi connectivity index (χ4v) is 2.25. The number of nitrogens with zero attached hydrogens (tertiary/aromatic N) is 1. The van der Waals surface area contributed by atoms with Gasteiger partial charge < -0.3 is 10.1 Å². The van der Waals surface area contributed by atoms with Gasteiger partial charge in [-0.2, -0.15) is 5.26 Å². The number of carbonyl (C=O) groups is 1. The highest BCUT2D eigenvalue weighted by Crippen LogP contribution is 2.17. The lowest BCUT2D eigenvalue weighted by Crippen LogP contribution is -2.13. The number of nitrogens with one attached hydrogen (secondary N) is 1. The first-order valence-electron chi connectivity index (χ1n) is 8.39. The van der Waals surface area contributed by atoms with E-state index in [1.165, 1.54) is 0 Å². The van der Waals surface area contributed by atoms with E-state index in [0.29, 0.717) is 23.2 Å². The fourth-order valence-electron chi connectivity index (χ4n) is 2.12. The minimum absolute atomic E-state index is 0.0217. The minimum Gasteiger partial charge on any atom is -0.494 e. The van der Waals surface area contributed by atoms with Crippen molar-refractivity contribution in [3.8, 4) is 11.8 Å². The fraction of sp³-hybridized carbons (Fsp3) is 0.238. The molecule has 0 saturated heterocycles. The zero-order valence-electron chi connectivity index (χ0n) is 14.8. The van der Waals surface area contributed by atoms with Crippen LogP contribution in [0.3, 0.4) is 0 Å². The summed E-state index contributed by atoms with van der Waals surface area (Å²) in [5.41, 5.74) is 1.35. The third kappa shape index (κ3) is 6.27. The summed E-state index contributed by atoms with van der Waals surface area (Å²) >= 11 is 5.82. The Labute approximate surface area is 159 Å². The van der Waals surface area contributed by atoms with Gasteiger partial charge in [0.05, 0.1) is 6.61 Å². The second-order valence-electron chi connectivity index (χ2n) is 6.23. The van der Waals surface area contributed by atoms with Crippen molar-refractivity contribution in [2.75, 3.05) is 11.9 Å². The smallest absolute Gasteiger partial charge is 0.266 e. The number of carbonyl (C=O) groups excluding carboxylic acids is 1. The van der Waals surface area contributed by atoms with Crippen LogP contribution in [0.4, 0.5) is 5.69 Å². The molecule has 0 aliphatic rings. The van der Waals surface area contributed by atoms with E-state index in [0.717, 1.165) is 17.7 Å². The van der Waals surface area contributed by atoms with Crippen LogP contribution in [0.5, 0.6) is 5.75 Å². The number of amides is 1. The predicted octanol–water partition coefficient (Wildman–Crippen LogP) is 5.31. The molecule has 0 unspecified atom stereocenters. The van der Waals surface area contributed by atoms with E-state index in [1.807, 2.05) is 30.3 Å². The summed E-state index contributed by atoms with van der Waals surface area (Å²) in [5.74, 6) is 0.897. The molecule has 1 amide bonds. The number of anilines is 1. The Kier molecular flexibility index (Phi) is 7.25. The van der Waals surface area contributed by atoms with Gasteiger partial charge >= 0.3 is 0 Å². The van der Waals surface area contributed by atoms with E-state index >= 15 is 0 Å². The van der Waals surface area contributed by atoms with Gasteiger partial charge in [0.1, 0.15) is 17.4 Å². The molecule has 4 nitrogen and oxygen atoms in total. The van der Waals surface area contributed by atoms with Gasteiger partial charge in [-0.15, -0.1) is 0 Å². The molecule has 2 rings (SSSR count). The van der Waals surface area contributed by atoms with Crippen molar-refractivity contribution in [1.29, 1.82) is 5.26 Å². The second-order valence-corrected chi connectivity index (χ2v) is 6.67. The molecule has 0 saturated carbocycles. The number of rotatable bonds is 7. The average Bonchev–Trinajstić information content (AvgIpc) is 2.62. The molecule has 2 aromatic carbocycles. The lowest BCUT2D eigenvalue weighted by molar-refractivity contribution is -0.112. The van der Waals surface area contributed by atoms with Gasteiger partial charge in [0.25, 0.3) is 5.91 Å². The van der Waals surface area contributed by atoms with E-state index in [9.17, 15) is 10.1 Å². The number of ether oxygens (including phenoxy) is 1. The highest BCUT2D eigenvalue weighted by atomic mass is 35.5. The topological polar surface area (TPSA) is 62.1 Å². The Hall–Kier alpha value is -2.77. The van der Waals surface area contributed by atoms with Crippen molar-refractivity contribution in [2.45, 2.75) is 20.3 Å². The summed E-state index contributed by atoms with van der Waals surface area (Å²) in [5, 5.41) is 12.5. The van der Waals surface area contributed by atoms with E-state index in [4.69, 9.17) is 16.3 Å². The second kappa shape index (κ2) is 9.65. The summed E-state index contributed by atoms with van der Waals surface area (Å²) in [6.07, 6.45) is 2.54. The van der Waals surface area contributed by atoms with Crippen molar-refractivity contribution in [1.82, 2.24) is 0 Å². The van der Waals surface area contributed by atoms with Crippen LogP contribution in [-0.2, 0) is 4.79 Å². The van der Waals surface area contributed by atoms with Crippen LogP contribution in [0.15, 0.2) is 54.1 Å². The van der Waals surface area contributed by atoms with Gasteiger partial charge in [-0.05, 0) is 60.4 Å². The molecule has 0 radical (unpaired) electrons. The first-order chi connectivity index (χ1) is 12.5. The van der Waals surface area contributed by atoms with Crippen LogP contribution in [-0.4, -0.2) is 12.5 Å². The molecule has 0 bridgehead atoms. The normalized spacial score (nSPS) is 11.1. The molecule has 0 aromatic heterocycles. The van der Waals surface area contributed by atoms with Crippen LogP contribution in [0.25, 0.3) is 6.08 Å². The Morgan fingerprint density at radius 2 is 1.85 bits per heavy atom. The molecule has 5 heteroatoms. The standard InChI is InChI=1S/C21H21ClN2O2/c1-15(2)11-12-26-20-9-3-16(4-10-20)13-17(14-23)21(25)24-19-7-5-18(22)6-8-19/h3-10,13,15H,11-12H2,1-2H3,(H,24,25)/b17-13-. The van der Waals surface area contributed by atoms with Crippen molar-refractivity contribution in [3.05, 3.63) is 64.7 Å². The van der Waals surface area contributed by atoms with Crippen molar-refractivity contribution < 1.29 is 9.53 Å². The molecule has 0 heterocycles. The lowest BCUT2D eigenvalue weighted by Gasteiger charge is -2.08. The van der Waals surface area contributed by atoms with Gasteiger partial charge in [-0.25, -0.2) is 0 Å². The van der Waals surface area contributed by atoms with Crippen LogP contribution in [0, 0.1) is 17.2 Å². The van der Waals surface area contributed by atoms with Gasteiger partial charge in [-0.3, -0.25) is 4.79 Å². The molecule has 26 heavy (non-hydrogen) atoms. The van der Waals surface area contributed by atoms with Crippen LogP contribution in [0.1, 0.15) is 25.8 Å². The summed E-state index contributed by atoms with van der Waals surface area (Å²) in [6.45, 7) is 4.96. The number of nitriles is 1. The molecule has 1 N–H and O–H groups in total. The van der Waals surface area contributed by atoms with E-state index < -0.39 is 5.91 Å². The largest absolute Gasteiger partial charge is 0.494 e. The molecule has 0 atom stereocenters. The number of hydrogen-bond acceptors (Lipinski definition) is 3. The summed E-state index contributed by atoms with van der Waals surface area (Å²) in [7, 11) is 0. The monoisotopic (exact) mass is 368 g/mol. The quantitative estimate of drug-likeness (QED) is 0.532. The Bertz CT molecular complexity index is 803. The van der Waals surface area contributed by atoms with Gasteiger partial charge in [-0.1, -0.05) is 37.6 Å². The van der Waals surface area contributed by atoms with Crippen LogP contribution < -0.4 is 10.1 Å². The van der Waals surface area contributed by atoms with Gasteiger partial charge in [0.2, 0.25) is 0 Å². The number of halogens is 1. The average molecular weight is 369 g/mol. The van der Waals surface area contributed by atoms with E-state index in [2.05, 4.69) is 19.2 Å². The van der Waals surface area contributed by atoms with Gasteiger partial charge in [0, 0.05) is 10.7 Å². The van der Waals surface area contributed by atoms with E-state index in [1.54, 1.807) is 30.3 Å². The van der Waals surface area contributed by atoms with Crippen molar-refractivity contribution in [3.63, 3.8) is 0 Å². The molecular formula is C21H21ClN2O2. The molecule has 0 aliphatic carbocycles. The highest BCUT2D eigenvalue weighted by Gasteiger charge is 2.09. The Morgan fingerprint density at radius 1 is 1.19 bits per heavy atom. The summed E-state index contributed by atoms with van der Waals surface area (Å²) in [6, 6.07) is 15.9. The van der Waals surface area contributed by atoms with E-state index in [-0.39, 0.29) is 5.57 Å². The number of benzene rings is 2. The third-order valence-corrected chi connectivity index (χ3v) is 3.87. The third-order valence-electron chi connectivity index (χ3n) is 3.62. The minimum atomic E-state index is -0.466. The Balaban J connectivity index is 2.02. The van der Waals surface area contributed by atoms with Crippen LogP contribution in [0.2, 0.25) is 5.02 Å². The summed E-state index contributed by atoms with van der Waals surface area (Å²) in [4.78, 5) is 12.2. The van der Waals surface area contributed by atoms with Crippen molar-refractivity contribution in [2.24, 2.45) is 5.92 Å². The first-order valence-corrected chi connectivity index (χ1v) is 8.77. The Morgan fingerprint density at radius 3 is 2.42 bits per heavy atom. The first kappa shape index (κ1) is 19.6. The maximum Gasteiger partial charge on any atom is 0.266 e. The predicted molar refractivity (Wildman–Crippen MR) is 105 cm³/mol.